The van der Waals surface area contributed by atoms with Crippen LogP contribution in [0.25, 0.3) is 0 Å². The molecule has 5 rings (SSSR count). The number of aryl methyl sites for hydroxylation is 1. The molecule has 36 heavy (non-hydrogen) atoms. The van der Waals surface area contributed by atoms with Gasteiger partial charge >= 0.3 is 0 Å². The molecule has 0 fully saturated rings. The Morgan fingerprint density at radius 3 is 2.22 bits per heavy atom. The summed E-state index contributed by atoms with van der Waals surface area (Å²) in [5.41, 5.74) is 7.05. The van der Waals surface area contributed by atoms with Crippen LogP contribution in [0.1, 0.15) is 68.1 Å². The molecule has 1 aliphatic heterocycles. The van der Waals surface area contributed by atoms with E-state index in [2.05, 4.69) is 59.5 Å². The van der Waals surface area contributed by atoms with Gasteiger partial charge in [-0.1, -0.05) is 29.8 Å². The molecule has 0 aromatic heterocycles. The number of ether oxygens (including phenoxy) is 2. The minimum absolute atomic E-state index is 0.165. The minimum Gasteiger partial charge on any atom is -0.493 e. The van der Waals surface area contributed by atoms with Crippen molar-refractivity contribution in [3.63, 3.8) is 0 Å². The first-order valence-electron chi connectivity index (χ1n) is 12.8. The van der Waals surface area contributed by atoms with Crippen LogP contribution in [0.15, 0.2) is 58.9 Å². The molecular formula is C30H32INO4. The lowest BCUT2D eigenvalue weighted by Gasteiger charge is -2.43. The largest absolute Gasteiger partial charge is 0.493 e. The second-order valence-corrected chi connectivity index (χ2v) is 10.9. The first-order valence-corrected chi connectivity index (χ1v) is 13.9. The Kier molecular flexibility index (Phi) is 7.24. The molecular weight excluding hydrogens is 565 g/mol. The van der Waals surface area contributed by atoms with Crippen molar-refractivity contribution in [2.24, 2.45) is 0 Å². The van der Waals surface area contributed by atoms with Crippen molar-refractivity contribution in [1.29, 1.82) is 0 Å². The molecule has 0 bridgehead atoms. The Balaban J connectivity index is 1.59. The lowest BCUT2D eigenvalue weighted by Crippen LogP contribution is -2.39. The predicted molar refractivity (Wildman–Crippen MR) is 148 cm³/mol. The van der Waals surface area contributed by atoms with Gasteiger partial charge in [-0.15, -0.1) is 0 Å². The molecule has 0 atom stereocenters. The van der Waals surface area contributed by atoms with Gasteiger partial charge in [0.2, 0.25) is 0 Å². The van der Waals surface area contributed by atoms with E-state index in [1.165, 1.54) is 5.56 Å². The molecule has 0 saturated heterocycles. The number of Topliss-reactive ketones (excluding diaryl/α,β-unsaturated/α-hetero) is 2. The van der Waals surface area contributed by atoms with Crippen molar-refractivity contribution in [2.45, 2.75) is 64.9 Å². The summed E-state index contributed by atoms with van der Waals surface area (Å²) in [6.45, 7) is 5.39. The van der Waals surface area contributed by atoms with Crippen molar-refractivity contribution in [3.8, 4) is 11.5 Å². The zero-order chi connectivity index (χ0) is 25.4. The van der Waals surface area contributed by atoms with Gasteiger partial charge in [-0.3, -0.25) is 9.59 Å². The Hall–Kier alpha value is -2.61. The van der Waals surface area contributed by atoms with Crippen LogP contribution in [0.3, 0.4) is 0 Å². The van der Waals surface area contributed by atoms with E-state index in [0.717, 1.165) is 69.5 Å². The molecule has 3 aliphatic rings. The second-order valence-electron chi connectivity index (χ2n) is 9.76. The van der Waals surface area contributed by atoms with Crippen molar-refractivity contribution >= 4 is 34.2 Å². The van der Waals surface area contributed by atoms with E-state index < -0.39 is 0 Å². The standard InChI is InChI=1S/C30H32INO4/c1-4-32-22-10-6-12-24(33)28(22)27(29-23(32)11-7-13-25(29)34)20-15-21(31)30(26(16-20)35-3)36-17-19-9-5-8-18(2)14-19/h5,8-9,14-16,27H,4,6-7,10-13,17H2,1-3H3. The minimum atomic E-state index is -0.341. The summed E-state index contributed by atoms with van der Waals surface area (Å²) in [4.78, 5) is 29.0. The number of rotatable bonds is 6. The maximum atomic E-state index is 13.4. The van der Waals surface area contributed by atoms with Crippen LogP contribution in [0, 0.1) is 10.5 Å². The average Bonchev–Trinajstić information content (AvgIpc) is 2.86. The quantitative estimate of drug-likeness (QED) is 0.351. The SMILES string of the molecule is CCN1C2=C(C(=O)CCC2)C(c2cc(I)c(OCc3cccc(C)c3)c(OC)c2)C2=C1CCCC2=O. The number of ketones is 2. The molecule has 5 nitrogen and oxygen atoms in total. The molecule has 2 aromatic rings. The number of halogens is 1. The molecule has 6 heteroatoms. The molecule has 0 saturated carbocycles. The number of hydrogen-bond donors (Lipinski definition) is 0. The van der Waals surface area contributed by atoms with E-state index in [-0.39, 0.29) is 17.5 Å². The van der Waals surface area contributed by atoms with Crippen LogP contribution in [-0.2, 0) is 16.2 Å². The average molecular weight is 597 g/mol. The van der Waals surface area contributed by atoms with Crippen molar-refractivity contribution < 1.29 is 19.1 Å². The Labute approximate surface area is 226 Å². The molecule has 0 unspecified atom stereocenters. The number of carbonyl (C=O) groups excluding carboxylic acids is 2. The van der Waals surface area contributed by atoms with Crippen LogP contribution < -0.4 is 9.47 Å². The van der Waals surface area contributed by atoms with Gasteiger partial charge in [0.05, 0.1) is 10.7 Å². The number of hydrogen-bond acceptors (Lipinski definition) is 5. The van der Waals surface area contributed by atoms with Crippen molar-refractivity contribution in [3.05, 3.63) is 79.2 Å². The highest BCUT2D eigenvalue weighted by atomic mass is 127. The summed E-state index contributed by atoms with van der Waals surface area (Å²) in [5.74, 6) is 1.30. The summed E-state index contributed by atoms with van der Waals surface area (Å²) in [6, 6.07) is 12.3. The third-order valence-corrected chi connectivity index (χ3v) is 8.25. The van der Waals surface area contributed by atoms with Crippen LogP contribution in [0.2, 0.25) is 0 Å². The van der Waals surface area contributed by atoms with Gasteiger partial charge in [0, 0.05) is 47.8 Å². The maximum Gasteiger partial charge on any atom is 0.174 e. The Morgan fingerprint density at radius 2 is 1.64 bits per heavy atom. The topological polar surface area (TPSA) is 55.8 Å². The van der Waals surface area contributed by atoms with E-state index in [1.54, 1.807) is 7.11 Å². The first kappa shape index (κ1) is 25.1. The van der Waals surface area contributed by atoms with Crippen LogP contribution in [-0.4, -0.2) is 30.1 Å². The highest BCUT2D eigenvalue weighted by Gasteiger charge is 2.43. The molecule has 0 spiro atoms. The summed E-state index contributed by atoms with van der Waals surface area (Å²) in [7, 11) is 1.64. The Bertz CT molecular complexity index is 1250. The van der Waals surface area contributed by atoms with Crippen LogP contribution in [0.5, 0.6) is 11.5 Å². The lowest BCUT2D eigenvalue weighted by atomic mass is 9.71. The normalized spacial score (nSPS) is 18.4. The number of allylic oxidation sites excluding steroid dienone is 4. The summed E-state index contributed by atoms with van der Waals surface area (Å²) >= 11 is 2.28. The smallest absolute Gasteiger partial charge is 0.174 e. The van der Waals surface area contributed by atoms with Gasteiger partial charge in [0.25, 0.3) is 0 Å². The Morgan fingerprint density at radius 1 is 0.972 bits per heavy atom. The lowest BCUT2D eigenvalue weighted by molar-refractivity contribution is -0.117. The number of benzene rings is 2. The van der Waals surface area contributed by atoms with Gasteiger partial charge in [-0.2, -0.15) is 0 Å². The van der Waals surface area contributed by atoms with Gasteiger partial charge in [-0.25, -0.2) is 0 Å². The predicted octanol–water partition coefficient (Wildman–Crippen LogP) is 6.62. The molecule has 0 radical (unpaired) electrons. The zero-order valence-corrected chi connectivity index (χ0v) is 23.3. The van der Waals surface area contributed by atoms with Crippen LogP contribution in [0.4, 0.5) is 0 Å². The highest BCUT2D eigenvalue weighted by molar-refractivity contribution is 14.1. The van der Waals surface area contributed by atoms with Gasteiger partial charge in [0.1, 0.15) is 6.61 Å². The molecule has 2 aromatic carbocycles. The third-order valence-electron chi connectivity index (χ3n) is 7.45. The summed E-state index contributed by atoms with van der Waals surface area (Å²) < 4.78 is 12.9. The molecule has 0 amide bonds. The first-order chi connectivity index (χ1) is 17.4. The molecule has 0 N–H and O–H groups in total. The number of methoxy groups -OCH3 is 1. The van der Waals surface area contributed by atoms with E-state index in [4.69, 9.17) is 9.47 Å². The number of nitrogens with zero attached hydrogens (tertiary/aromatic N) is 1. The van der Waals surface area contributed by atoms with E-state index in [9.17, 15) is 9.59 Å². The van der Waals surface area contributed by atoms with E-state index in [0.29, 0.717) is 30.9 Å². The summed E-state index contributed by atoms with van der Waals surface area (Å²) in [6.07, 6.45) is 4.56. The second kappa shape index (κ2) is 10.4. The van der Waals surface area contributed by atoms with E-state index >= 15 is 0 Å². The van der Waals surface area contributed by atoms with Crippen LogP contribution >= 0.6 is 22.6 Å². The number of carbonyl (C=O) groups is 2. The fraction of sp³-hybridized carbons (Fsp3) is 0.400. The van der Waals surface area contributed by atoms with Crippen molar-refractivity contribution in [1.82, 2.24) is 4.90 Å². The maximum absolute atomic E-state index is 13.4. The van der Waals surface area contributed by atoms with Gasteiger partial charge < -0.3 is 14.4 Å². The molecule has 2 aliphatic carbocycles. The summed E-state index contributed by atoms with van der Waals surface area (Å²) in [5, 5.41) is 0. The van der Waals surface area contributed by atoms with Gasteiger partial charge in [-0.05, 0) is 85.4 Å². The third kappa shape index (κ3) is 4.49. The van der Waals surface area contributed by atoms with Gasteiger partial charge in [0.15, 0.2) is 23.1 Å². The van der Waals surface area contributed by atoms with E-state index in [1.807, 2.05) is 18.2 Å². The zero-order valence-electron chi connectivity index (χ0n) is 21.2. The molecule has 188 valence electrons. The fourth-order valence-corrected chi connectivity index (χ4v) is 6.72. The fourth-order valence-electron chi connectivity index (χ4n) is 5.94. The monoisotopic (exact) mass is 597 g/mol. The van der Waals surface area contributed by atoms with Crippen molar-refractivity contribution in [2.75, 3.05) is 13.7 Å². The highest BCUT2D eigenvalue weighted by Crippen LogP contribution is 2.50. The molecule has 1 heterocycles.